The van der Waals surface area contributed by atoms with Gasteiger partial charge in [0.2, 0.25) is 0 Å². The lowest BCUT2D eigenvalue weighted by Crippen LogP contribution is -2.18. The van der Waals surface area contributed by atoms with Gasteiger partial charge in [0.05, 0.1) is 6.61 Å². The van der Waals surface area contributed by atoms with Crippen LogP contribution in [-0.2, 0) is 6.42 Å². The van der Waals surface area contributed by atoms with Crippen LogP contribution in [-0.4, -0.2) is 12.6 Å². The quantitative estimate of drug-likeness (QED) is 0.812. The summed E-state index contributed by atoms with van der Waals surface area (Å²) in [6.45, 7) is 4.96. The van der Waals surface area contributed by atoms with Gasteiger partial charge in [-0.15, -0.1) is 0 Å². The van der Waals surface area contributed by atoms with E-state index in [4.69, 9.17) is 10.5 Å². The Hall–Kier alpha value is -0.540. The Labute approximate surface area is 106 Å². The summed E-state index contributed by atoms with van der Waals surface area (Å²) in [7, 11) is 0. The highest BCUT2D eigenvalue weighted by atomic mass is 79.9. The fraction of sp³-hybridized carbons (Fsp3) is 0.538. The molecule has 0 fully saturated rings. The highest BCUT2D eigenvalue weighted by Crippen LogP contribution is 2.23. The summed E-state index contributed by atoms with van der Waals surface area (Å²) in [5.74, 6) is 0.937. The lowest BCUT2D eigenvalue weighted by atomic mass is 10.1. The first-order valence-corrected chi connectivity index (χ1v) is 6.59. The highest BCUT2D eigenvalue weighted by molar-refractivity contribution is 9.10. The molecule has 0 heterocycles. The number of ether oxygens (including phenoxy) is 1. The number of hydrogen-bond donors (Lipinski definition) is 1. The zero-order valence-electron chi connectivity index (χ0n) is 10.0. The predicted molar refractivity (Wildman–Crippen MR) is 71.9 cm³/mol. The standard InChI is InChI=1S/C13H20BrNO/c1-3-4-7-16-12-5-6-13(14)11(9-12)8-10(2)15/h5-6,9-10H,3-4,7-8,15H2,1-2H3. The Morgan fingerprint density at radius 2 is 2.19 bits per heavy atom. The number of nitrogens with two attached hydrogens (primary N) is 1. The maximum absolute atomic E-state index is 5.80. The van der Waals surface area contributed by atoms with Crippen LogP contribution in [0.3, 0.4) is 0 Å². The van der Waals surface area contributed by atoms with Crippen LogP contribution in [0.15, 0.2) is 22.7 Å². The lowest BCUT2D eigenvalue weighted by molar-refractivity contribution is 0.309. The molecule has 1 unspecified atom stereocenters. The van der Waals surface area contributed by atoms with Crippen LogP contribution in [0.5, 0.6) is 5.75 Å². The molecular weight excluding hydrogens is 266 g/mol. The highest BCUT2D eigenvalue weighted by Gasteiger charge is 2.05. The fourth-order valence-electron chi connectivity index (χ4n) is 1.48. The smallest absolute Gasteiger partial charge is 0.119 e. The Morgan fingerprint density at radius 1 is 1.44 bits per heavy atom. The molecule has 0 radical (unpaired) electrons. The van der Waals surface area contributed by atoms with E-state index in [2.05, 4.69) is 28.9 Å². The van der Waals surface area contributed by atoms with Gasteiger partial charge in [-0.1, -0.05) is 29.3 Å². The topological polar surface area (TPSA) is 35.2 Å². The molecule has 0 aliphatic carbocycles. The summed E-state index contributed by atoms with van der Waals surface area (Å²) in [6, 6.07) is 6.26. The van der Waals surface area contributed by atoms with Crippen LogP contribution in [0.4, 0.5) is 0 Å². The second kappa shape index (κ2) is 6.92. The van der Waals surface area contributed by atoms with Gasteiger partial charge < -0.3 is 10.5 Å². The molecule has 2 nitrogen and oxygen atoms in total. The molecule has 1 atom stereocenters. The molecule has 1 aromatic carbocycles. The van der Waals surface area contributed by atoms with E-state index in [0.29, 0.717) is 0 Å². The van der Waals surface area contributed by atoms with Crippen molar-refractivity contribution in [3.63, 3.8) is 0 Å². The van der Waals surface area contributed by atoms with E-state index >= 15 is 0 Å². The molecule has 1 aromatic rings. The molecular formula is C13H20BrNO. The van der Waals surface area contributed by atoms with E-state index in [-0.39, 0.29) is 6.04 Å². The average Bonchev–Trinajstić information content (AvgIpc) is 2.22. The number of rotatable bonds is 6. The second-order valence-electron chi connectivity index (χ2n) is 4.14. The van der Waals surface area contributed by atoms with Gasteiger partial charge in [-0.25, -0.2) is 0 Å². The number of benzene rings is 1. The molecule has 0 spiro atoms. The minimum Gasteiger partial charge on any atom is -0.494 e. The molecule has 0 saturated carbocycles. The van der Waals surface area contributed by atoms with Gasteiger partial charge in [0.15, 0.2) is 0 Å². The maximum Gasteiger partial charge on any atom is 0.119 e. The van der Waals surface area contributed by atoms with Gasteiger partial charge in [-0.05, 0) is 43.5 Å². The molecule has 0 aliphatic heterocycles. The van der Waals surface area contributed by atoms with E-state index in [9.17, 15) is 0 Å². The molecule has 0 amide bonds. The van der Waals surface area contributed by atoms with Crippen molar-refractivity contribution in [2.45, 2.75) is 39.2 Å². The maximum atomic E-state index is 5.80. The number of hydrogen-bond acceptors (Lipinski definition) is 2. The number of unbranched alkanes of at least 4 members (excludes halogenated alkanes) is 1. The monoisotopic (exact) mass is 285 g/mol. The van der Waals surface area contributed by atoms with Gasteiger partial charge in [0, 0.05) is 10.5 Å². The van der Waals surface area contributed by atoms with Crippen molar-refractivity contribution in [3.8, 4) is 5.75 Å². The van der Waals surface area contributed by atoms with E-state index in [1.807, 2.05) is 19.1 Å². The van der Waals surface area contributed by atoms with Crippen LogP contribution in [0.1, 0.15) is 32.3 Å². The Balaban J connectivity index is 2.65. The molecule has 90 valence electrons. The van der Waals surface area contributed by atoms with Gasteiger partial charge in [-0.3, -0.25) is 0 Å². The van der Waals surface area contributed by atoms with Crippen molar-refractivity contribution in [2.24, 2.45) is 5.73 Å². The van der Waals surface area contributed by atoms with Crippen molar-refractivity contribution in [1.29, 1.82) is 0 Å². The van der Waals surface area contributed by atoms with Crippen LogP contribution in [0.2, 0.25) is 0 Å². The van der Waals surface area contributed by atoms with Crippen molar-refractivity contribution in [3.05, 3.63) is 28.2 Å². The summed E-state index contributed by atoms with van der Waals surface area (Å²) < 4.78 is 6.77. The molecule has 0 aliphatic rings. The normalized spacial score (nSPS) is 12.5. The largest absolute Gasteiger partial charge is 0.494 e. The summed E-state index contributed by atoms with van der Waals surface area (Å²) in [4.78, 5) is 0. The van der Waals surface area contributed by atoms with Crippen molar-refractivity contribution in [2.75, 3.05) is 6.61 Å². The zero-order valence-corrected chi connectivity index (χ0v) is 11.6. The minimum atomic E-state index is 0.169. The first kappa shape index (κ1) is 13.5. The van der Waals surface area contributed by atoms with Crippen molar-refractivity contribution < 1.29 is 4.74 Å². The van der Waals surface area contributed by atoms with Gasteiger partial charge in [0.1, 0.15) is 5.75 Å². The van der Waals surface area contributed by atoms with Crippen LogP contribution in [0, 0.1) is 0 Å². The van der Waals surface area contributed by atoms with Crippen LogP contribution < -0.4 is 10.5 Å². The molecule has 0 bridgehead atoms. The molecule has 0 aromatic heterocycles. The zero-order chi connectivity index (χ0) is 12.0. The molecule has 16 heavy (non-hydrogen) atoms. The summed E-state index contributed by atoms with van der Waals surface area (Å²) >= 11 is 3.53. The van der Waals surface area contributed by atoms with E-state index in [1.54, 1.807) is 0 Å². The van der Waals surface area contributed by atoms with Gasteiger partial charge in [-0.2, -0.15) is 0 Å². The first-order valence-electron chi connectivity index (χ1n) is 5.80. The Kier molecular flexibility index (Phi) is 5.85. The van der Waals surface area contributed by atoms with Gasteiger partial charge in [0.25, 0.3) is 0 Å². The molecule has 1 rings (SSSR count). The van der Waals surface area contributed by atoms with Crippen molar-refractivity contribution in [1.82, 2.24) is 0 Å². The fourth-order valence-corrected chi connectivity index (χ4v) is 1.89. The summed E-state index contributed by atoms with van der Waals surface area (Å²) in [6.07, 6.45) is 3.12. The van der Waals surface area contributed by atoms with Crippen LogP contribution in [0.25, 0.3) is 0 Å². The minimum absolute atomic E-state index is 0.169. The predicted octanol–water partition coefficient (Wildman–Crippen LogP) is 3.52. The first-order chi connectivity index (χ1) is 7.63. The molecule has 2 N–H and O–H groups in total. The van der Waals surface area contributed by atoms with E-state index < -0.39 is 0 Å². The SMILES string of the molecule is CCCCOc1ccc(Br)c(CC(C)N)c1. The van der Waals surface area contributed by atoms with Gasteiger partial charge >= 0.3 is 0 Å². The third kappa shape index (κ3) is 4.54. The third-order valence-electron chi connectivity index (χ3n) is 2.33. The Morgan fingerprint density at radius 3 is 2.81 bits per heavy atom. The summed E-state index contributed by atoms with van der Waals surface area (Å²) in [5.41, 5.74) is 7.02. The van der Waals surface area contributed by atoms with Crippen LogP contribution >= 0.6 is 15.9 Å². The lowest BCUT2D eigenvalue weighted by Gasteiger charge is -2.11. The number of halogens is 1. The molecule has 0 saturated heterocycles. The summed E-state index contributed by atoms with van der Waals surface area (Å²) in [5, 5.41) is 0. The second-order valence-corrected chi connectivity index (χ2v) is 4.99. The average molecular weight is 286 g/mol. The molecule has 3 heteroatoms. The van der Waals surface area contributed by atoms with E-state index in [1.165, 1.54) is 5.56 Å². The van der Waals surface area contributed by atoms with Crippen molar-refractivity contribution >= 4 is 15.9 Å². The van der Waals surface area contributed by atoms with E-state index in [0.717, 1.165) is 36.1 Å². The third-order valence-corrected chi connectivity index (χ3v) is 3.10. The Bertz CT molecular complexity index is 326.